The summed E-state index contributed by atoms with van der Waals surface area (Å²) in [6, 6.07) is 0.674. The van der Waals surface area contributed by atoms with Crippen LogP contribution in [0.5, 0.6) is 0 Å². The molecule has 1 unspecified atom stereocenters. The van der Waals surface area contributed by atoms with E-state index < -0.39 is 0 Å². The molecule has 16 heavy (non-hydrogen) atoms. The fourth-order valence-corrected chi connectivity index (χ4v) is 3.96. The fourth-order valence-electron chi connectivity index (χ4n) is 3.14. The molecule has 0 spiro atoms. The quantitative estimate of drug-likeness (QED) is 0.802. The van der Waals surface area contributed by atoms with Crippen molar-refractivity contribution in [2.45, 2.75) is 38.1 Å². The van der Waals surface area contributed by atoms with Crippen LogP contribution in [-0.4, -0.2) is 19.6 Å². The second-order valence-electron chi connectivity index (χ2n) is 5.20. The summed E-state index contributed by atoms with van der Waals surface area (Å²) in [6.45, 7) is 1.18. The van der Waals surface area contributed by atoms with Crippen molar-refractivity contribution in [3.63, 3.8) is 0 Å². The van der Waals surface area contributed by atoms with Crippen molar-refractivity contribution in [1.29, 1.82) is 0 Å². The van der Waals surface area contributed by atoms with E-state index in [4.69, 9.17) is 0 Å². The third-order valence-corrected chi connectivity index (χ3v) is 4.81. The monoisotopic (exact) mass is 236 g/mol. The Labute approximate surface area is 102 Å². The van der Waals surface area contributed by atoms with Crippen LogP contribution < -0.4 is 10.2 Å². The molecule has 2 aliphatic rings. The van der Waals surface area contributed by atoms with Crippen molar-refractivity contribution in [2.75, 3.05) is 23.8 Å². The van der Waals surface area contributed by atoms with E-state index in [1.165, 1.54) is 50.0 Å². The molecular formula is C13H20N2S. The first kappa shape index (κ1) is 10.5. The zero-order chi connectivity index (χ0) is 11.0. The summed E-state index contributed by atoms with van der Waals surface area (Å²) in [5, 5.41) is 8.25. The molecule has 1 aromatic rings. The molecule has 0 aromatic carbocycles. The lowest BCUT2D eigenvalue weighted by Crippen LogP contribution is -2.44. The van der Waals surface area contributed by atoms with Crippen LogP contribution in [0, 0.1) is 5.92 Å². The Morgan fingerprint density at radius 1 is 1.25 bits per heavy atom. The van der Waals surface area contributed by atoms with E-state index in [0.717, 1.165) is 5.92 Å². The van der Waals surface area contributed by atoms with Gasteiger partial charge in [0.05, 0.1) is 11.4 Å². The second-order valence-corrected chi connectivity index (χ2v) is 5.94. The van der Waals surface area contributed by atoms with E-state index in [0.29, 0.717) is 6.04 Å². The Bertz CT molecular complexity index is 355. The Morgan fingerprint density at radius 3 is 2.88 bits per heavy atom. The third-order valence-electron chi connectivity index (χ3n) is 4.08. The maximum atomic E-state index is 3.75. The molecule has 0 radical (unpaired) electrons. The van der Waals surface area contributed by atoms with Gasteiger partial charge in [-0.15, -0.1) is 11.3 Å². The van der Waals surface area contributed by atoms with Crippen molar-refractivity contribution in [3.05, 3.63) is 10.8 Å². The van der Waals surface area contributed by atoms with Gasteiger partial charge in [0.25, 0.3) is 0 Å². The molecule has 0 bridgehead atoms. The molecule has 3 rings (SSSR count). The number of anilines is 2. The number of nitrogens with one attached hydrogen (secondary N) is 1. The van der Waals surface area contributed by atoms with Crippen molar-refractivity contribution in [2.24, 2.45) is 5.92 Å². The lowest BCUT2D eigenvalue weighted by atomic mass is 9.83. The summed E-state index contributed by atoms with van der Waals surface area (Å²) in [7, 11) is 2.22. The van der Waals surface area contributed by atoms with Gasteiger partial charge in [0.2, 0.25) is 0 Å². The number of fused-ring (bicyclic) bond motifs is 1. The Hall–Kier alpha value is -0.700. The maximum Gasteiger partial charge on any atom is 0.0709 e. The minimum atomic E-state index is 0.674. The highest BCUT2D eigenvalue weighted by molar-refractivity contribution is 7.09. The van der Waals surface area contributed by atoms with Gasteiger partial charge in [-0.05, 0) is 18.8 Å². The molecule has 0 saturated heterocycles. The van der Waals surface area contributed by atoms with Gasteiger partial charge in [-0.3, -0.25) is 0 Å². The van der Waals surface area contributed by atoms with E-state index in [1.807, 2.05) is 0 Å². The third kappa shape index (κ3) is 1.81. The molecule has 2 heterocycles. The smallest absolute Gasteiger partial charge is 0.0709 e. The first-order valence-electron chi connectivity index (χ1n) is 6.38. The van der Waals surface area contributed by atoms with Gasteiger partial charge in [-0.25, -0.2) is 0 Å². The van der Waals surface area contributed by atoms with Gasteiger partial charge in [0.15, 0.2) is 0 Å². The largest absolute Gasteiger partial charge is 0.378 e. The lowest BCUT2D eigenvalue weighted by molar-refractivity contribution is 0.317. The van der Waals surface area contributed by atoms with Crippen LogP contribution in [0.25, 0.3) is 0 Å². The molecule has 2 nitrogen and oxygen atoms in total. The predicted molar refractivity (Wildman–Crippen MR) is 71.6 cm³/mol. The zero-order valence-corrected chi connectivity index (χ0v) is 10.7. The highest BCUT2D eigenvalue weighted by atomic mass is 32.1. The first-order chi connectivity index (χ1) is 7.84. The molecule has 1 aromatic heterocycles. The number of thiophene rings is 1. The minimum absolute atomic E-state index is 0.674. The van der Waals surface area contributed by atoms with E-state index in [2.05, 4.69) is 28.0 Å². The molecule has 0 amide bonds. The fraction of sp³-hybridized carbons (Fsp3) is 0.692. The Kier molecular flexibility index (Phi) is 2.80. The maximum absolute atomic E-state index is 3.75. The van der Waals surface area contributed by atoms with Crippen molar-refractivity contribution in [1.82, 2.24) is 0 Å². The van der Waals surface area contributed by atoms with E-state index in [-0.39, 0.29) is 0 Å². The number of likely N-dealkylation sites (N-methyl/N-ethyl adjacent to an activating group) is 1. The van der Waals surface area contributed by atoms with E-state index in [1.54, 1.807) is 11.3 Å². The zero-order valence-electron chi connectivity index (χ0n) is 9.91. The van der Waals surface area contributed by atoms with Crippen LogP contribution in [0.2, 0.25) is 0 Å². The van der Waals surface area contributed by atoms with Crippen molar-refractivity contribution in [3.8, 4) is 0 Å². The number of hydrogen-bond acceptors (Lipinski definition) is 3. The molecule has 1 atom stereocenters. The normalized spacial score (nSPS) is 26.3. The summed E-state index contributed by atoms with van der Waals surface area (Å²) < 4.78 is 0. The summed E-state index contributed by atoms with van der Waals surface area (Å²) in [6.07, 6.45) is 7.16. The van der Waals surface area contributed by atoms with Crippen LogP contribution >= 0.6 is 11.3 Å². The van der Waals surface area contributed by atoms with Crippen molar-refractivity contribution < 1.29 is 0 Å². The lowest BCUT2D eigenvalue weighted by Gasteiger charge is -2.38. The molecule has 1 aliphatic carbocycles. The number of rotatable bonds is 1. The Morgan fingerprint density at radius 2 is 2.06 bits per heavy atom. The average Bonchev–Trinajstić information content (AvgIpc) is 2.79. The summed E-state index contributed by atoms with van der Waals surface area (Å²) in [5.41, 5.74) is 2.74. The molecular weight excluding hydrogens is 216 g/mol. The van der Waals surface area contributed by atoms with Crippen molar-refractivity contribution >= 4 is 22.7 Å². The van der Waals surface area contributed by atoms with Gasteiger partial charge in [0.1, 0.15) is 0 Å². The molecule has 1 saturated carbocycles. The van der Waals surface area contributed by atoms with Crippen LogP contribution in [0.15, 0.2) is 10.8 Å². The highest BCUT2D eigenvalue weighted by Gasteiger charge is 2.29. The van der Waals surface area contributed by atoms with Gasteiger partial charge in [-0.2, -0.15) is 0 Å². The molecule has 88 valence electrons. The molecule has 1 N–H and O–H groups in total. The SMILES string of the molecule is CN1CC(C2CCCCC2)Nc2cscc21. The molecule has 1 fully saturated rings. The van der Waals surface area contributed by atoms with Gasteiger partial charge in [0, 0.05) is 30.4 Å². The van der Waals surface area contributed by atoms with E-state index >= 15 is 0 Å². The predicted octanol–water partition coefficient (Wildman–Crippen LogP) is 3.56. The van der Waals surface area contributed by atoms with E-state index in [9.17, 15) is 0 Å². The van der Waals surface area contributed by atoms with Gasteiger partial charge >= 0.3 is 0 Å². The summed E-state index contributed by atoms with van der Waals surface area (Å²) in [5.74, 6) is 0.893. The topological polar surface area (TPSA) is 15.3 Å². The van der Waals surface area contributed by atoms with Crippen LogP contribution in [-0.2, 0) is 0 Å². The first-order valence-corrected chi connectivity index (χ1v) is 7.33. The summed E-state index contributed by atoms with van der Waals surface area (Å²) >= 11 is 1.80. The number of hydrogen-bond donors (Lipinski definition) is 1. The minimum Gasteiger partial charge on any atom is -0.378 e. The van der Waals surface area contributed by atoms with Crippen LogP contribution in [0.3, 0.4) is 0 Å². The highest BCUT2D eigenvalue weighted by Crippen LogP contribution is 2.37. The van der Waals surface area contributed by atoms with Crippen LogP contribution in [0.1, 0.15) is 32.1 Å². The standard InChI is InChI=1S/C13H20N2S/c1-15-7-11(10-5-3-2-4-6-10)14-12-8-16-9-13(12)15/h8-11,14H,2-7H2,1H3. The molecule has 3 heteroatoms. The number of nitrogens with zero attached hydrogens (tertiary/aromatic N) is 1. The Balaban J connectivity index is 1.75. The average molecular weight is 236 g/mol. The van der Waals surface area contributed by atoms with Crippen LogP contribution in [0.4, 0.5) is 11.4 Å². The summed E-state index contributed by atoms with van der Waals surface area (Å²) in [4.78, 5) is 2.42. The van der Waals surface area contributed by atoms with Gasteiger partial charge < -0.3 is 10.2 Å². The second kappa shape index (κ2) is 4.28. The molecule has 1 aliphatic heterocycles. The van der Waals surface area contributed by atoms with Gasteiger partial charge in [-0.1, -0.05) is 19.3 Å².